The fourth-order valence-corrected chi connectivity index (χ4v) is 2.06. The van der Waals surface area contributed by atoms with E-state index in [9.17, 15) is 4.79 Å². The Kier molecular flexibility index (Phi) is 4.00. The third-order valence-corrected chi connectivity index (χ3v) is 3.05. The molecule has 0 radical (unpaired) electrons. The van der Waals surface area contributed by atoms with Crippen molar-refractivity contribution in [2.75, 3.05) is 26.3 Å². The molecule has 0 bridgehead atoms. The molecule has 1 aromatic heterocycles. The maximum atomic E-state index is 10.8. The van der Waals surface area contributed by atoms with E-state index < -0.39 is 5.97 Å². The second kappa shape index (κ2) is 5.51. The molecule has 0 spiro atoms. The average Bonchev–Trinajstić information content (AvgIpc) is 2.71. The van der Waals surface area contributed by atoms with Crippen LogP contribution in [-0.2, 0) is 11.3 Å². The molecule has 1 saturated heterocycles. The number of carboxylic acid groups (broad SMARTS) is 1. The second-order valence-corrected chi connectivity index (χ2v) is 4.41. The number of carboxylic acids is 1. The minimum absolute atomic E-state index is 0.00124. The van der Waals surface area contributed by atoms with Gasteiger partial charge in [0.05, 0.1) is 19.3 Å². The van der Waals surface area contributed by atoms with Crippen LogP contribution in [0.25, 0.3) is 0 Å². The van der Waals surface area contributed by atoms with E-state index >= 15 is 0 Å². The number of nitrogens with zero attached hydrogens (tertiary/aromatic N) is 1. The zero-order chi connectivity index (χ0) is 13.1. The Morgan fingerprint density at radius 2 is 2.39 bits per heavy atom. The highest BCUT2D eigenvalue weighted by Gasteiger charge is 2.22. The summed E-state index contributed by atoms with van der Waals surface area (Å²) in [6, 6.07) is 1.56. The predicted molar refractivity (Wildman–Crippen MR) is 62.5 cm³/mol. The molecule has 1 aliphatic heterocycles. The van der Waals surface area contributed by atoms with E-state index in [0.717, 1.165) is 12.1 Å². The number of hydrogen-bond donors (Lipinski definition) is 2. The molecule has 6 heteroatoms. The summed E-state index contributed by atoms with van der Waals surface area (Å²) in [6.45, 7) is 4.36. The molecule has 2 rings (SSSR count). The molecule has 1 atom stereocenters. The van der Waals surface area contributed by atoms with Crippen molar-refractivity contribution in [1.29, 1.82) is 0 Å². The summed E-state index contributed by atoms with van der Waals surface area (Å²) < 4.78 is 10.5. The summed E-state index contributed by atoms with van der Waals surface area (Å²) in [4.78, 5) is 12.9. The molecule has 6 nitrogen and oxygen atoms in total. The van der Waals surface area contributed by atoms with Gasteiger partial charge in [-0.05, 0) is 13.0 Å². The minimum atomic E-state index is -1.06. The molecule has 0 aliphatic carbocycles. The monoisotopic (exact) mass is 255 g/mol. The lowest BCUT2D eigenvalue weighted by Crippen LogP contribution is -2.43. The summed E-state index contributed by atoms with van der Waals surface area (Å²) in [5.41, 5.74) is 0.867. The number of morpholine rings is 1. The van der Waals surface area contributed by atoms with Crippen LogP contribution in [0.2, 0.25) is 0 Å². The van der Waals surface area contributed by atoms with Crippen LogP contribution in [0, 0.1) is 6.92 Å². The van der Waals surface area contributed by atoms with Gasteiger partial charge >= 0.3 is 5.97 Å². The standard InChI is InChI=1S/C12H17NO5/c1-8-9(4-11(18-8)12(15)16)5-13-2-3-17-10(6-13)7-14/h4,10,14H,2-3,5-7H2,1H3,(H,15,16). The predicted octanol–water partition coefficient (Wildman–Crippen LogP) is 0.479. The van der Waals surface area contributed by atoms with Crippen LogP contribution in [0.3, 0.4) is 0 Å². The minimum Gasteiger partial charge on any atom is -0.475 e. The molecule has 0 amide bonds. The van der Waals surface area contributed by atoms with Crippen molar-refractivity contribution in [2.24, 2.45) is 0 Å². The first kappa shape index (κ1) is 13.1. The van der Waals surface area contributed by atoms with Gasteiger partial charge in [0, 0.05) is 25.2 Å². The zero-order valence-corrected chi connectivity index (χ0v) is 10.3. The molecule has 1 aliphatic rings. The molecule has 0 saturated carbocycles. The van der Waals surface area contributed by atoms with Crippen LogP contribution in [0.15, 0.2) is 10.5 Å². The molecule has 1 unspecified atom stereocenters. The third-order valence-electron chi connectivity index (χ3n) is 3.05. The normalized spacial score (nSPS) is 21.1. The van der Waals surface area contributed by atoms with Gasteiger partial charge in [0.1, 0.15) is 5.76 Å². The summed E-state index contributed by atoms with van der Waals surface area (Å²) in [7, 11) is 0. The highest BCUT2D eigenvalue weighted by molar-refractivity contribution is 5.84. The van der Waals surface area contributed by atoms with E-state index in [2.05, 4.69) is 4.90 Å². The highest BCUT2D eigenvalue weighted by Crippen LogP contribution is 2.18. The topological polar surface area (TPSA) is 83.1 Å². The molecule has 1 aromatic rings. The van der Waals surface area contributed by atoms with Crippen LogP contribution in [0.4, 0.5) is 0 Å². The quantitative estimate of drug-likeness (QED) is 0.814. The van der Waals surface area contributed by atoms with E-state index in [0.29, 0.717) is 25.5 Å². The number of rotatable bonds is 4. The third kappa shape index (κ3) is 2.90. The number of furan rings is 1. The SMILES string of the molecule is Cc1oc(C(=O)O)cc1CN1CCOC(CO)C1. The van der Waals surface area contributed by atoms with Gasteiger partial charge in [-0.25, -0.2) is 4.79 Å². The fourth-order valence-electron chi connectivity index (χ4n) is 2.06. The Hall–Kier alpha value is -1.37. The maximum Gasteiger partial charge on any atom is 0.371 e. The Morgan fingerprint density at radius 3 is 3.00 bits per heavy atom. The van der Waals surface area contributed by atoms with E-state index in [1.54, 1.807) is 13.0 Å². The number of carbonyl (C=O) groups is 1. The Labute approximate surface area is 105 Å². The average molecular weight is 255 g/mol. The van der Waals surface area contributed by atoms with Crippen molar-refractivity contribution in [3.05, 3.63) is 23.2 Å². The molecule has 0 aromatic carbocycles. The van der Waals surface area contributed by atoms with Gasteiger partial charge in [-0.3, -0.25) is 4.90 Å². The van der Waals surface area contributed by atoms with E-state index in [4.69, 9.17) is 19.4 Å². The molecule has 2 N–H and O–H groups in total. The first-order valence-corrected chi connectivity index (χ1v) is 5.87. The second-order valence-electron chi connectivity index (χ2n) is 4.41. The van der Waals surface area contributed by atoms with E-state index in [1.807, 2.05) is 0 Å². The lowest BCUT2D eigenvalue weighted by Gasteiger charge is -2.31. The Bertz CT molecular complexity index is 428. The smallest absolute Gasteiger partial charge is 0.371 e. The largest absolute Gasteiger partial charge is 0.475 e. The van der Waals surface area contributed by atoms with Crippen molar-refractivity contribution >= 4 is 5.97 Å². The van der Waals surface area contributed by atoms with Gasteiger partial charge in [-0.1, -0.05) is 0 Å². The Morgan fingerprint density at radius 1 is 1.61 bits per heavy atom. The zero-order valence-electron chi connectivity index (χ0n) is 10.3. The molecular formula is C12H17NO5. The first-order valence-electron chi connectivity index (χ1n) is 5.87. The van der Waals surface area contributed by atoms with Crippen molar-refractivity contribution in [3.63, 3.8) is 0 Å². The van der Waals surface area contributed by atoms with Crippen LogP contribution in [0.5, 0.6) is 0 Å². The summed E-state index contributed by atoms with van der Waals surface area (Å²) in [6.07, 6.45) is -0.162. The van der Waals surface area contributed by atoms with Crippen molar-refractivity contribution in [2.45, 2.75) is 19.6 Å². The summed E-state index contributed by atoms with van der Waals surface area (Å²) in [5, 5.41) is 17.9. The molecule has 1 fully saturated rings. The van der Waals surface area contributed by atoms with E-state index in [1.165, 1.54) is 0 Å². The summed E-state index contributed by atoms with van der Waals surface area (Å²) in [5.74, 6) is -0.464. The van der Waals surface area contributed by atoms with Gasteiger partial charge in [-0.2, -0.15) is 0 Å². The summed E-state index contributed by atoms with van der Waals surface area (Å²) >= 11 is 0. The van der Waals surface area contributed by atoms with Gasteiger partial charge in [-0.15, -0.1) is 0 Å². The highest BCUT2D eigenvalue weighted by atomic mass is 16.5. The van der Waals surface area contributed by atoms with Crippen LogP contribution < -0.4 is 0 Å². The number of aliphatic hydroxyl groups excluding tert-OH is 1. The maximum absolute atomic E-state index is 10.8. The van der Waals surface area contributed by atoms with Gasteiger partial charge in [0.2, 0.25) is 5.76 Å². The number of aryl methyl sites for hydroxylation is 1. The van der Waals surface area contributed by atoms with E-state index in [-0.39, 0.29) is 18.5 Å². The fraction of sp³-hybridized carbons (Fsp3) is 0.583. The molecule has 100 valence electrons. The van der Waals surface area contributed by atoms with Gasteiger partial charge < -0.3 is 19.4 Å². The van der Waals surface area contributed by atoms with Crippen molar-refractivity contribution in [1.82, 2.24) is 4.90 Å². The van der Waals surface area contributed by atoms with Crippen molar-refractivity contribution < 1.29 is 24.2 Å². The Balaban J connectivity index is 2.02. The number of hydrogen-bond acceptors (Lipinski definition) is 5. The first-order chi connectivity index (χ1) is 8.60. The molecular weight excluding hydrogens is 238 g/mol. The van der Waals surface area contributed by atoms with Crippen LogP contribution in [-0.4, -0.2) is 53.5 Å². The number of aliphatic hydroxyl groups is 1. The number of ether oxygens (including phenoxy) is 1. The lowest BCUT2D eigenvalue weighted by molar-refractivity contribution is -0.0551. The van der Waals surface area contributed by atoms with Crippen molar-refractivity contribution in [3.8, 4) is 0 Å². The molecule has 18 heavy (non-hydrogen) atoms. The van der Waals surface area contributed by atoms with Crippen LogP contribution in [0.1, 0.15) is 21.9 Å². The number of aromatic carboxylic acids is 1. The van der Waals surface area contributed by atoms with Gasteiger partial charge in [0.15, 0.2) is 0 Å². The lowest BCUT2D eigenvalue weighted by atomic mass is 10.2. The van der Waals surface area contributed by atoms with Gasteiger partial charge in [0.25, 0.3) is 0 Å². The van der Waals surface area contributed by atoms with Crippen LogP contribution >= 0.6 is 0 Å². The molecule has 2 heterocycles.